The molecule has 0 saturated carbocycles. The highest BCUT2D eigenvalue weighted by Crippen LogP contribution is 2.19. The van der Waals surface area contributed by atoms with Gasteiger partial charge >= 0.3 is 0 Å². The minimum Gasteiger partial charge on any atom is -0.379 e. The Kier molecular flexibility index (Phi) is 5.76. The summed E-state index contributed by atoms with van der Waals surface area (Å²) in [5.41, 5.74) is 1.21. The molecule has 4 nitrogen and oxygen atoms in total. The number of likely N-dealkylation sites (N-methyl/N-ethyl adjacent to an activating group) is 1. The number of rotatable bonds is 6. The molecule has 1 saturated heterocycles. The van der Waals surface area contributed by atoms with E-state index in [-0.39, 0.29) is 0 Å². The van der Waals surface area contributed by atoms with Crippen molar-refractivity contribution >= 4 is 11.3 Å². The maximum absolute atomic E-state index is 5.36. The summed E-state index contributed by atoms with van der Waals surface area (Å²) >= 11 is 1.78. The fraction of sp³-hybridized carbons (Fsp3) is 0.786. The zero-order chi connectivity index (χ0) is 13.7. The molecule has 0 amide bonds. The van der Waals surface area contributed by atoms with E-state index >= 15 is 0 Å². The Morgan fingerprint density at radius 1 is 1.42 bits per heavy atom. The monoisotopic (exact) mass is 283 g/mol. The highest BCUT2D eigenvalue weighted by molar-refractivity contribution is 7.09. The molecule has 0 radical (unpaired) electrons. The Labute approximate surface area is 120 Å². The standard InChI is InChI=1S/C14H25N3OS/c1-12(2)14-15-13(11-19-14)10-16(3)4-5-17-6-8-18-9-7-17/h11-12H,4-10H2,1-3H3. The molecule has 1 fully saturated rings. The average Bonchev–Trinajstić information content (AvgIpc) is 2.86. The maximum atomic E-state index is 5.36. The topological polar surface area (TPSA) is 28.6 Å². The van der Waals surface area contributed by atoms with Crippen LogP contribution in [-0.4, -0.2) is 61.2 Å². The van der Waals surface area contributed by atoms with Crippen molar-refractivity contribution in [3.63, 3.8) is 0 Å². The second-order valence-electron chi connectivity index (χ2n) is 5.52. The molecule has 2 heterocycles. The van der Waals surface area contributed by atoms with Gasteiger partial charge in [-0.05, 0) is 7.05 Å². The Morgan fingerprint density at radius 2 is 2.16 bits per heavy atom. The SMILES string of the molecule is CC(C)c1nc(CN(C)CCN2CCOCC2)cs1. The smallest absolute Gasteiger partial charge is 0.0954 e. The lowest BCUT2D eigenvalue weighted by Gasteiger charge is -2.28. The second kappa shape index (κ2) is 7.33. The number of hydrogen-bond acceptors (Lipinski definition) is 5. The van der Waals surface area contributed by atoms with Crippen LogP contribution in [0, 0.1) is 0 Å². The number of morpholine rings is 1. The van der Waals surface area contributed by atoms with E-state index in [4.69, 9.17) is 4.74 Å². The van der Waals surface area contributed by atoms with Gasteiger partial charge in [-0.2, -0.15) is 0 Å². The van der Waals surface area contributed by atoms with Gasteiger partial charge in [-0.1, -0.05) is 13.8 Å². The molecule has 0 aliphatic carbocycles. The molecule has 0 aromatic carbocycles. The Hall–Kier alpha value is -0.490. The number of ether oxygens (including phenoxy) is 1. The van der Waals surface area contributed by atoms with Gasteiger partial charge < -0.3 is 4.74 Å². The second-order valence-corrected chi connectivity index (χ2v) is 6.41. The molecule has 5 heteroatoms. The highest BCUT2D eigenvalue weighted by atomic mass is 32.1. The van der Waals surface area contributed by atoms with Crippen LogP contribution in [0.5, 0.6) is 0 Å². The van der Waals surface area contributed by atoms with Crippen LogP contribution in [0.3, 0.4) is 0 Å². The normalized spacial score (nSPS) is 17.5. The van der Waals surface area contributed by atoms with Gasteiger partial charge in [0.05, 0.1) is 23.9 Å². The van der Waals surface area contributed by atoms with Crippen LogP contribution in [0.15, 0.2) is 5.38 Å². The largest absolute Gasteiger partial charge is 0.379 e. The first-order valence-electron chi connectivity index (χ1n) is 7.08. The van der Waals surface area contributed by atoms with Gasteiger partial charge in [-0.15, -0.1) is 11.3 Å². The Bertz CT molecular complexity index is 375. The number of thiazole rings is 1. The predicted molar refractivity (Wildman–Crippen MR) is 79.8 cm³/mol. The lowest BCUT2D eigenvalue weighted by atomic mass is 10.2. The fourth-order valence-electron chi connectivity index (χ4n) is 2.15. The minimum atomic E-state index is 0.539. The molecular weight excluding hydrogens is 258 g/mol. The Morgan fingerprint density at radius 3 is 2.79 bits per heavy atom. The van der Waals surface area contributed by atoms with Crippen LogP contribution >= 0.6 is 11.3 Å². The molecule has 0 spiro atoms. The van der Waals surface area contributed by atoms with Crippen LogP contribution in [0.1, 0.15) is 30.5 Å². The average molecular weight is 283 g/mol. The summed E-state index contributed by atoms with van der Waals surface area (Å²) in [7, 11) is 2.18. The van der Waals surface area contributed by atoms with E-state index < -0.39 is 0 Å². The van der Waals surface area contributed by atoms with Crippen LogP contribution in [-0.2, 0) is 11.3 Å². The van der Waals surface area contributed by atoms with Gasteiger partial charge in [-0.25, -0.2) is 4.98 Å². The van der Waals surface area contributed by atoms with Gasteiger partial charge in [0.2, 0.25) is 0 Å². The van der Waals surface area contributed by atoms with Gasteiger partial charge in [0, 0.05) is 44.0 Å². The summed E-state index contributed by atoms with van der Waals surface area (Å²) in [4.78, 5) is 9.52. The predicted octanol–water partition coefficient (Wildman–Crippen LogP) is 2.03. The molecule has 0 atom stereocenters. The first kappa shape index (κ1) is 14.9. The van der Waals surface area contributed by atoms with Crippen LogP contribution < -0.4 is 0 Å². The third-order valence-electron chi connectivity index (χ3n) is 3.40. The summed E-state index contributed by atoms with van der Waals surface area (Å²) in [5.74, 6) is 0.539. The van der Waals surface area contributed by atoms with Crippen molar-refractivity contribution < 1.29 is 4.74 Å². The number of nitrogens with zero attached hydrogens (tertiary/aromatic N) is 3. The van der Waals surface area contributed by atoms with Crippen LogP contribution in [0.4, 0.5) is 0 Å². The molecule has 1 aromatic heterocycles. The molecular formula is C14H25N3OS. The van der Waals surface area contributed by atoms with Gasteiger partial charge in [-0.3, -0.25) is 9.80 Å². The van der Waals surface area contributed by atoms with Crippen molar-refractivity contribution in [2.75, 3.05) is 46.4 Å². The van der Waals surface area contributed by atoms with E-state index in [2.05, 4.69) is 41.1 Å². The number of aromatic nitrogens is 1. The summed E-state index contributed by atoms with van der Waals surface area (Å²) in [6, 6.07) is 0. The maximum Gasteiger partial charge on any atom is 0.0954 e. The fourth-order valence-corrected chi connectivity index (χ4v) is 2.98. The van der Waals surface area contributed by atoms with E-state index in [1.807, 2.05) is 0 Å². The lowest BCUT2D eigenvalue weighted by molar-refractivity contribution is 0.0341. The van der Waals surface area contributed by atoms with Crippen molar-refractivity contribution in [3.8, 4) is 0 Å². The highest BCUT2D eigenvalue weighted by Gasteiger charge is 2.12. The Balaban J connectivity index is 1.72. The van der Waals surface area contributed by atoms with Gasteiger partial charge in [0.25, 0.3) is 0 Å². The lowest BCUT2D eigenvalue weighted by Crippen LogP contribution is -2.40. The molecule has 19 heavy (non-hydrogen) atoms. The molecule has 1 aliphatic rings. The van der Waals surface area contributed by atoms with E-state index in [1.165, 1.54) is 10.7 Å². The molecule has 0 N–H and O–H groups in total. The van der Waals surface area contributed by atoms with Crippen molar-refractivity contribution in [1.82, 2.24) is 14.8 Å². The van der Waals surface area contributed by atoms with Gasteiger partial charge in [0.15, 0.2) is 0 Å². The summed E-state index contributed by atoms with van der Waals surface area (Å²) < 4.78 is 5.36. The van der Waals surface area contributed by atoms with E-state index in [1.54, 1.807) is 11.3 Å². The van der Waals surface area contributed by atoms with Crippen molar-refractivity contribution in [3.05, 3.63) is 16.1 Å². The van der Waals surface area contributed by atoms with E-state index in [0.717, 1.165) is 45.9 Å². The van der Waals surface area contributed by atoms with E-state index in [9.17, 15) is 0 Å². The number of hydrogen-bond donors (Lipinski definition) is 0. The van der Waals surface area contributed by atoms with Crippen molar-refractivity contribution in [2.45, 2.75) is 26.3 Å². The zero-order valence-corrected chi connectivity index (χ0v) is 13.1. The summed E-state index contributed by atoms with van der Waals surface area (Å²) in [6.07, 6.45) is 0. The molecule has 0 bridgehead atoms. The van der Waals surface area contributed by atoms with Crippen molar-refractivity contribution in [1.29, 1.82) is 0 Å². The van der Waals surface area contributed by atoms with Crippen LogP contribution in [0.25, 0.3) is 0 Å². The van der Waals surface area contributed by atoms with E-state index in [0.29, 0.717) is 5.92 Å². The molecule has 108 valence electrons. The molecule has 1 aliphatic heterocycles. The summed E-state index contributed by atoms with van der Waals surface area (Å²) in [5, 5.41) is 3.44. The molecule has 1 aromatic rings. The third-order valence-corrected chi connectivity index (χ3v) is 4.59. The molecule has 2 rings (SSSR count). The first-order chi connectivity index (χ1) is 9.15. The van der Waals surface area contributed by atoms with Crippen molar-refractivity contribution in [2.24, 2.45) is 0 Å². The van der Waals surface area contributed by atoms with Crippen LogP contribution in [0.2, 0.25) is 0 Å². The van der Waals surface area contributed by atoms with Gasteiger partial charge in [0.1, 0.15) is 0 Å². The third kappa shape index (κ3) is 4.84. The molecule has 0 unspecified atom stereocenters. The zero-order valence-electron chi connectivity index (χ0n) is 12.3. The first-order valence-corrected chi connectivity index (χ1v) is 7.96. The minimum absolute atomic E-state index is 0.539. The quantitative estimate of drug-likeness (QED) is 0.799. The summed E-state index contributed by atoms with van der Waals surface area (Å²) in [6.45, 7) is 11.5.